The highest BCUT2D eigenvalue weighted by molar-refractivity contribution is 9.10. The number of hydrogen-bond donors (Lipinski definition) is 0. The Morgan fingerprint density at radius 3 is 2.40 bits per heavy atom. The van der Waals surface area contributed by atoms with Gasteiger partial charge in [-0.15, -0.1) is 0 Å². The fraction of sp³-hybridized carbons (Fsp3) is 0.545. The molecule has 84 valence electrons. The van der Waals surface area contributed by atoms with Crippen LogP contribution in [0.2, 0.25) is 19.6 Å². The predicted octanol–water partition coefficient (Wildman–Crippen LogP) is 3.93. The van der Waals surface area contributed by atoms with E-state index in [9.17, 15) is 0 Å². The van der Waals surface area contributed by atoms with Gasteiger partial charge in [0.05, 0.1) is 5.60 Å². The zero-order valence-electron chi connectivity index (χ0n) is 9.97. The lowest BCUT2D eigenvalue weighted by molar-refractivity contribution is 0.0998. The van der Waals surface area contributed by atoms with Crippen molar-refractivity contribution < 1.29 is 4.43 Å². The van der Waals surface area contributed by atoms with Crippen LogP contribution in [0.15, 0.2) is 22.9 Å². The van der Waals surface area contributed by atoms with Gasteiger partial charge in [-0.05, 0) is 67.1 Å². The van der Waals surface area contributed by atoms with E-state index >= 15 is 0 Å². The van der Waals surface area contributed by atoms with E-state index in [0.717, 1.165) is 10.2 Å². The molecule has 15 heavy (non-hydrogen) atoms. The quantitative estimate of drug-likeness (QED) is 0.621. The van der Waals surface area contributed by atoms with Crippen LogP contribution in [-0.4, -0.2) is 13.3 Å². The lowest BCUT2D eigenvalue weighted by Gasteiger charge is -2.33. The molecule has 0 radical (unpaired) electrons. The first kappa shape index (κ1) is 12.9. The van der Waals surface area contributed by atoms with Crippen molar-refractivity contribution in [2.45, 2.75) is 39.1 Å². The zero-order chi connectivity index (χ0) is 11.7. The van der Waals surface area contributed by atoms with Gasteiger partial charge < -0.3 is 4.43 Å². The Hall–Kier alpha value is -0.193. The first-order valence-electron chi connectivity index (χ1n) is 5.03. The Morgan fingerprint density at radius 1 is 1.33 bits per heavy atom. The van der Waals surface area contributed by atoms with Gasteiger partial charge in [0.25, 0.3) is 0 Å². The van der Waals surface area contributed by atoms with Crippen molar-refractivity contribution in [2.75, 3.05) is 0 Å². The summed E-state index contributed by atoms with van der Waals surface area (Å²) < 4.78 is 7.01. The van der Waals surface area contributed by atoms with Crippen molar-refractivity contribution in [1.82, 2.24) is 4.98 Å². The molecule has 2 nitrogen and oxygen atoms in total. The van der Waals surface area contributed by atoms with E-state index in [2.05, 4.69) is 54.4 Å². The Balaban J connectivity index is 2.95. The molecule has 0 N–H and O–H groups in total. The minimum atomic E-state index is -1.53. The molecule has 0 unspecified atom stereocenters. The second-order valence-electron chi connectivity index (χ2n) is 5.09. The standard InChI is InChI=1S/C11H18BrNOSi/c1-11(2,14-15(3,4)5)9-6-7-13-10(12)8-9/h6-8H,1-5H3. The largest absolute Gasteiger partial charge is 0.409 e. The van der Waals surface area contributed by atoms with Gasteiger partial charge in [-0.2, -0.15) is 0 Å². The molecule has 0 aromatic carbocycles. The summed E-state index contributed by atoms with van der Waals surface area (Å²) in [6.45, 7) is 10.8. The predicted molar refractivity (Wildman–Crippen MR) is 69.4 cm³/mol. The highest BCUT2D eigenvalue weighted by Gasteiger charge is 2.28. The molecule has 0 amide bonds. The van der Waals surface area contributed by atoms with E-state index in [4.69, 9.17) is 4.43 Å². The summed E-state index contributed by atoms with van der Waals surface area (Å²) in [4.78, 5) is 4.12. The van der Waals surface area contributed by atoms with Gasteiger partial charge >= 0.3 is 0 Å². The normalized spacial score (nSPS) is 12.9. The van der Waals surface area contributed by atoms with Crippen molar-refractivity contribution in [1.29, 1.82) is 0 Å². The number of pyridine rings is 1. The Morgan fingerprint density at radius 2 is 1.93 bits per heavy atom. The summed E-state index contributed by atoms with van der Waals surface area (Å²) in [5, 5.41) is 0. The van der Waals surface area contributed by atoms with Crippen molar-refractivity contribution in [2.24, 2.45) is 0 Å². The third-order valence-electron chi connectivity index (χ3n) is 1.98. The van der Waals surface area contributed by atoms with Crippen LogP contribution < -0.4 is 0 Å². The van der Waals surface area contributed by atoms with E-state index in [1.54, 1.807) is 6.20 Å². The topological polar surface area (TPSA) is 22.1 Å². The monoisotopic (exact) mass is 287 g/mol. The van der Waals surface area contributed by atoms with Crippen LogP contribution in [0.3, 0.4) is 0 Å². The molecular weight excluding hydrogens is 270 g/mol. The maximum absolute atomic E-state index is 6.16. The maximum Gasteiger partial charge on any atom is 0.184 e. The molecule has 0 fully saturated rings. The van der Waals surface area contributed by atoms with Crippen LogP contribution in [0.4, 0.5) is 0 Å². The molecule has 0 bridgehead atoms. The third-order valence-corrected chi connectivity index (χ3v) is 3.54. The lowest BCUT2D eigenvalue weighted by atomic mass is 10.0. The first-order valence-corrected chi connectivity index (χ1v) is 9.23. The van der Waals surface area contributed by atoms with Gasteiger partial charge in [0.2, 0.25) is 0 Å². The summed E-state index contributed by atoms with van der Waals surface area (Å²) in [6.07, 6.45) is 1.80. The molecule has 0 aliphatic carbocycles. The van der Waals surface area contributed by atoms with Gasteiger partial charge in [0, 0.05) is 6.20 Å². The van der Waals surface area contributed by atoms with Gasteiger partial charge in [-0.25, -0.2) is 4.98 Å². The molecule has 4 heteroatoms. The number of hydrogen-bond acceptors (Lipinski definition) is 2. The Labute approximate surface area is 101 Å². The summed E-state index contributed by atoms with van der Waals surface area (Å²) in [5.41, 5.74) is 0.919. The van der Waals surface area contributed by atoms with Crippen molar-refractivity contribution in [3.05, 3.63) is 28.5 Å². The Kier molecular flexibility index (Phi) is 3.74. The molecule has 0 spiro atoms. The van der Waals surface area contributed by atoms with E-state index in [1.165, 1.54) is 0 Å². The van der Waals surface area contributed by atoms with E-state index in [1.807, 2.05) is 12.1 Å². The summed E-state index contributed by atoms with van der Waals surface area (Å²) >= 11 is 3.38. The van der Waals surface area contributed by atoms with Crippen LogP contribution in [0.5, 0.6) is 0 Å². The molecule has 0 atom stereocenters. The number of aromatic nitrogens is 1. The van der Waals surface area contributed by atoms with Gasteiger partial charge in [-0.3, -0.25) is 0 Å². The van der Waals surface area contributed by atoms with Crippen LogP contribution in [-0.2, 0) is 10.0 Å². The molecule has 1 rings (SSSR count). The number of nitrogens with zero attached hydrogens (tertiary/aromatic N) is 1. The average molecular weight is 288 g/mol. The number of halogens is 1. The van der Waals surface area contributed by atoms with Crippen molar-refractivity contribution in [3.63, 3.8) is 0 Å². The Bertz CT molecular complexity index is 347. The SMILES string of the molecule is CC(C)(O[Si](C)(C)C)c1ccnc(Br)c1. The van der Waals surface area contributed by atoms with E-state index < -0.39 is 8.32 Å². The third kappa shape index (κ3) is 4.05. The molecule has 0 aliphatic rings. The highest BCUT2D eigenvalue weighted by atomic mass is 79.9. The molecule has 1 aromatic heterocycles. The second kappa shape index (κ2) is 4.35. The van der Waals surface area contributed by atoms with Crippen LogP contribution >= 0.6 is 15.9 Å². The van der Waals surface area contributed by atoms with Gasteiger partial charge in [0.1, 0.15) is 4.60 Å². The van der Waals surface area contributed by atoms with E-state index in [0.29, 0.717) is 0 Å². The summed E-state index contributed by atoms with van der Waals surface area (Å²) in [6, 6.07) is 4.02. The van der Waals surface area contributed by atoms with Crippen LogP contribution in [0.25, 0.3) is 0 Å². The minimum absolute atomic E-state index is 0.240. The van der Waals surface area contributed by atoms with Crippen molar-refractivity contribution in [3.8, 4) is 0 Å². The molecule has 0 aliphatic heterocycles. The maximum atomic E-state index is 6.16. The minimum Gasteiger partial charge on any atom is -0.409 e. The first-order chi connectivity index (χ1) is 6.71. The molecule has 1 aromatic rings. The molecule has 1 heterocycles. The van der Waals surface area contributed by atoms with Gasteiger partial charge in [0.15, 0.2) is 8.32 Å². The second-order valence-corrected chi connectivity index (χ2v) is 10.3. The zero-order valence-corrected chi connectivity index (χ0v) is 12.6. The smallest absolute Gasteiger partial charge is 0.184 e. The summed E-state index contributed by atoms with van der Waals surface area (Å²) in [7, 11) is -1.53. The molecule has 0 saturated heterocycles. The average Bonchev–Trinajstić information content (AvgIpc) is 1.99. The summed E-state index contributed by atoms with van der Waals surface area (Å²) in [5.74, 6) is 0. The lowest BCUT2D eigenvalue weighted by Crippen LogP contribution is -2.36. The van der Waals surface area contributed by atoms with Gasteiger partial charge in [-0.1, -0.05) is 0 Å². The van der Waals surface area contributed by atoms with Crippen molar-refractivity contribution >= 4 is 24.2 Å². The van der Waals surface area contributed by atoms with E-state index in [-0.39, 0.29) is 5.60 Å². The number of rotatable bonds is 3. The van der Waals surface area contributed by atoms with Crippen LogP contribution in [0.1, 0.15) is 19.4 Å². The molecular formula is C11H18BrNOSi. The molecule has 0 saturated carbocycles. The highest BCUT2D eigenvalue weighted by Crippen LogP contribution is 2.29. The van der Waals surface area contributed by atoms with Crippen LogP contribution in [0, 0.1) is 0 Å². The fourth-order valence-electron chi connectivity index (χ4n) is 1.60. The fourth-order valence-corrected chi connectivity index (χ4v) is 3.61.